The normalized spacial score (nSPS) is 11.9. The molecule has 7 heteroatoms. The molecule has 1 atom stereocenters. The zero-order chi connectivity index (χ0) is 14.7. The third-order valence-corrected chi connectivity index (χ3v) is 2.79. The lowest BCUT2D eigenvalue weighted by Gasteiger charge is -2.12. The topological polar surface area (TPSA) is 95.0 Å². The SMILES string of the molecule is COc1ccc(C(O)c2ccc([N+](=O)[O-])o2)cc1OC. The number of aliphatic hydroxyl groups excluding tert-OH is 1. The van der Waals surface area contributed by atoms with Gasteiger partial charge in [0.05, 0.1) is 20.3 Å². The van der Waals surface area contributed by atoms with Crippen molar-refractivity contribution < 1.29 is 23.9 Å². The monoisotopic (exact) mass is 279 g/mol. The van der Waals surface area contributed by atoms with Crippen molar-refractivity contribution in [3.63, 3.8) is 0 Å². The van der Waals surface area contributed by atoms with Gasteiger partial charge >= 0.3 is 5.88 Å². The van der Waals surface area contributed by atoms with Crippen LogP contribution >= 0.6 is 0 Å². The number of benzene rings is 1. The molecule has 0 radical (unpaired) electrons. The van der Waals surface area contributed by atoms with E-state index in [0.29, 0.717) is 17.1 Å². The number of nitrogens with zero attached hydrogens (tertiary/aromatic N) is 1. The quantitative estimate of drug-likeness (QED) is 0.666. The van der Waals surface area contributed by atoms with Gasteiger partial charge in [-0.15, -0.1) is 0 Å². The van der Waals surface area contributed by atoms with Gasteiger partial charge in [-0.25, -0.2) is 0 Å². The summed E-state index contributed by atoms with van der Waals surface area (Å²) in [6, 6.07) is 7.39. The highest BCUT2D eigenvalue weighted by atomic mass is 16.6. The molecular weight excluding hydrogens is 266 g/mol. The minimum Gasteiger partial charge on any atom is -0.493 e. The van der Waals surface area contributed by atoms with Crippen LogP contribution in [-0.2, 0) is 0 Å². The van der Waals surface area contributed by atoms with E-state index in [9.17, 15) is 15.2 Å². The molecule has 106 valence electrons. The first-order valence-corrected chi connectivity index (χ1v) is 5.71. The summed E-state index contributed by atoms with van der Waals surface area (Å²) >= 11 is 0. The van der Waals surface area contributed by atoms with Crippen molar-refractivity contribution in [2.75, 3.05) is 14.2 Å². The Balaban J connectivity index is 2.32. The van der Waals surface area contributed by atoms with Crippen molar-refractivity contribution >= 4 is 5.88 Å². The number of methoxy groups -OCH3 is 2. The van der Waals surface area contributed by atoms with Gasteiger partial charge in [0.25, 0.3) is 0 Å². The number of rotatable bonds is 5. The van der Waals surface area contributed by atoms with E-state index in [0.717, 1.165) is 0 Å². The summed E-state index contributed by atoms with van der Waals surface area (Å²) in [5, 5.41) is 20.7. The molecule has 0 fully saturated rings. The predicted molar refractivity (Wildman–Crippen MR) is 69.0 cm³/mol. The average molecular weight is 279 g/mol. The smallest absolute Gasteiger partial charge is 0.433 e. The molecule has 0 spiro atoms. The van der Waals surface area contributed by atoms with E-state index in [1.807, 2.05) is 0 Å². The van der Waals surface area contributed by atoms with Crippen LogP contribution in [0.4, 0.5) is 5.88 Å². The molecule has 20 heavy (non-hydrogen) atoms. The fraction of sp³-hybridized carbons (Fsp3) is 0.231. The van der Waals surface area contributed by atoms with Gasteiger partial charge in [0, 0.05) is 0 Å². The Morgan fingerprint density at radius 2 is 1.90 bits per heavy atom. The molecule has 7 nitrogen and oxygen atoms in total. The number of aliphatic hydroxyl groups is 1. The lowest BCUT2D eigenvalue weighted by molar-refractivity contribution is -0.402. The molecular formula is C13H13NO6. The second-order valence-electron chi connectivity index (χ2n) is 3.95. The van der Waals surface area contributed by atoms with Gasteiger partial charge in [0.1, 0.15) is 16.8 Å². The highest BCUT2D eigenvalue weighted by molar-refractivity contribution is 5.44. The molecule has 1 unspecified atom stereocenters. The lowest BCUT2D eigenvalue weighted by atomic mass is 10.1. The van der Waals surface area contributed by atoms with E-state index in [-0.39, 0.29) is 5.76 Å². The molecule has 0 saturated heterocycles. The molecule has 1 heterocycles. The van der Waals surface area contributed by atoms with Crippen LogP contribution in [0.2, 0.25) is 0 Å². The summed E-state index contributed by atoms with van der Waals surface area (Å²) in [6.45, 7) is 0. The molecule has 1 N–H and O–H groups in total. The van der Waals surface area contributed by atoms with Gasteiger partial charge < -0.3 is 19.0 Å². The van der Waals surface area contributed by atoms with Gasteiger partial charge in [0.15, 0.2) is 11.5 Å². The molecule has 0 saturated carbocycles. The highest BCUT2D eigenvalue weighted by Crippen LogP contribution is 2.33. The van der Waals surface area contributed by atoms with Crippen LogP contribution in [0.15, 0.2) is 34.7 Å². The van der Waals surface area contributed by atoms with E-state index in [2.05, 4.69) is 0 Å². The number of hydrogen-bond donors (Lipinski definition) is 1. The van der Waals surface area contributed by atoms with Crippen LogP contribution in [0, 0.1) is 10.1 Å². The standard InChI is InChI=1S/C13H13NO6/c1-18-9-4-3-8(7-11(9)19-2)13(15)10-5-6-12(20-10)14(16)17/h3-7,13,15H,1-2H3. The number of hydrogen-bond acceptors (Lipinski definition) is 6. The fourth-order valence-electron chi connectivity index (χ4n) is 1.77. The molecule has 1 aromatic carbocycles. The maximum Gasteiger partial charge on any atom is 0.433 e. The van der Waals surface area contributed by atoms with Crippen LogP contribution in [-0.4, -0.2) is 24.2 Å². The zero-order valence-electron chi connectivity index (χ0n) is 10.9. The second kappa shape index (κ2) is 5.62. The maximum atomic E-state index is 10.6. The van der Waals surface area contributed by atoms with Crippen LogP contribution in [0.1, 0.15) is 17.4 Å². The summed E-state index contributed by atoms with van der Waals surface area (Å²) in [5.74, 6) is 0.641. The maximum absolute atomic E-state index is 10.6. The molecule has 0 bridgehead atoms. The average Bonchev–Trinajstić information content (AvgIpc) is 2.95. The van der Waals surface area contributed by atoms with Crippen molar-refractivity contribution in [2.45, 2.75) is 6.10 Å². The van der Waals surface area contributed by atoms with E-state index < -0.39 is 16.9 Å². The highest BCUT2D eigenvalue weighted by Gasteiger charge is 2.20. The molecule has 0 aliphatic heterocycles. The minimum absolute atomic E-state index is 0.0870. The largest absolute Gasteiger partial charge is 0.493 e. The van der Waals surface area contributed by atoms with Crippen molar-refractivity contribution in [3.05, 3.63) is 51.8 Å². The van der Waals surface area contributed by atoms with Crippen LogP contribution < -0.4 is 9.47 Å². The van der Waals surface area contributed by atoms with E-state index in [4.69, 9.17) is 13.9 Å². The lowest BCUT2D eigenvalue weighted by Crippen LogP contribution is -2.00. The van der Waals surface area contributed by atoms with Gasteiger partial charge in [-0.05, 0) is 23.8 Å². The molecule has 0 amide bonds. The minimum atomic E-state index is -1.12. The molecule has 1 aromatic heterocycles. The zero-order valence-corrected chi connectivity index (χ0v) is 10.9. The van der Waals surface area contributed by atoms with Gasteiger partial charge in [-0.1, -0.05) is 6.07 Å². The summed E-state index contributed by atoms with van der Waals surface area (Å²) < 4.78 is 15.2. The first kappa shape index (κ1) is 13.9. The Morgan fingerprint density at radius 3 is 2.45 bits per heavy atom. The number of nitro groups is 1. The third kappa shape index (κ3) is 2.57. The molecule has 2 aromatic rings. The van der Waals surface area contributed by atoms with E-state index in [1.165, 1.54) is 26.4 Å². The van der Waals surface area contributed by atoms with Crippen LogP contribution in [0.5, 0.6) is 11.5 Å². The third-order valence-electron chi connectivity index (χ3n) is 2.79. The van der Waals surface area contributed by atoms with Crippen LogP contribution in [0.25, 0.3) is 0 Å². The van der Waals surface area contributed by atoms with Gasteiger partial charge in [-0.3, -0.25) is 10.1 Å². The van der Waals surface area contributed by atoms with E-state index in [1.54, 1.807) is 18.2 Å². The first-order chi connectivity index (χ1) is 9.56. The second-order valence-corrected chi connectivity index (χ2v) is 3.95. The van der Waals surface area contributed by atoms with Crippen molar-refractivity contribution in [2.24, 2.45) is 0 Å². The Labute approximate surface area is 114 Å². The summed E-state index contributed by atoms with van der Waals surface area (Å²) in [4.78, 5) is 9.89. The van der Waals surface area contributed by atoms with Crippen molar-refractivity contribution in [1.29, 1.82) is 0 Å². The Morgan fingerprint density at radius 1 is 1.20 bits per heavy atom. The number of ether oxygens (including phenoxy) is 2. The van der Waals surface area contributed by atoms with Crippen LogP contribution in [0.3, 0.4) is 0 Å². The van der Waals surface area contributed by atoms with Gasteiger partial charge in [0.2, 0.25) is 0 Å². The van der Waals surface area contributed by atoms with Gasteiger partial charge in [-0.2, -0.15) is 0 Å². The Kier molecular flexibility index (Phi) is 3.90. The Bertz CT molecular complexity index is 621. The van der Waals surface area contributed by atoms with Crippen molar-refractivity contribution in [3.8, 4) is 11.5 Å². The number of furan rings is 1. The van der Waals surface area contributed by atoms with E-state index >= 15 is 0 Å². The summed E-state index contributed by atoms with van der Waals surface area (Å²) in [7, 11) is 2.98. The molecule has 0 aliphatic rings. The first-order valence-electron chi connectivity index (χ1n) is 5.71. The van der Waals surface area contributed by atoms with Crippen molar-refractivity contribution in [1.82, 2.24) is 0 Å². The molecule has 0 aliphatic carbocycles. The molecule has 2 rings (SSSR count). The summed E-state index contributed by atoms with van der Waals surface area (Å²) in [5.41, 5.74) is 0.479. The predicted octanol–water partition coefficient (Wildman–Crippen LogP) is 2.29. The fourth-order valence-corrected chi connectivity index (χ4v) is 1.77. The summed E-state index contributed by atoms with van der Waals surface area (Å²) in [6.07, 6.45) is -1.12. The Hall–Kier alpha value is -2.54.